The molecule has 1 aliphatic rings. The second kappa shape index (κ2) is 6.03. The lowest BCUT2D eigenvalue weighted by molar-refractivity contribution is -0.145. The Morgan fingerprint density at radius 3 is 2.64 bits per heavy atom. The van der Waals surface area contributed by atoms with Crippen molar-refractivity contribution < 1.29 is 18.3 Å². The van der Waals surface area contributed by atoms with E-state index in [1.807, 2.05) is 42.5 Å². The Labute approximate surface area is 128 Å². The van der Waals surface area contributed by atoms with Crippen LogP contribution in [0.5, 0.6) is 0 Å². The molecule has 0 aromatic heterocycles. The number of alkyl halides is 2. The summed E-state index contributed by atoms with van der Waals surface area (Å²) in [5.41, 5.74) is 0.931. The van der Waals surface area contributed by atoms with Crippen LogP contribution in [0.15, 0.2) is 42.5 Å². The molecule has 3 rings (SSSR count). The van der Waals surface area contributed by atoms with Gasteiger partial charge in [0.05, 0.1) is 0 Å². The van der Waals surface area contributed by atoms with E-state index in [-0.39, 0.29) is 25.4 Å². The Morgan fingerprint density at radius 2 is 1.91 bits per heavy atom. The van der Waals surface area contributed by atoms with Crippen molar-refractivity contribution in [3.8, 4) is 0 Å². The molecule has 0 N–H and O–H groups in total. The quantitative estimate of drug-likeness (QED) is 0.723. The van der Waals surface area contributed by atoms with Gasteiger partial charge in [-0.25, -0.2) is 8.78 Å². The molecule has 0 heterocycles. The predicted octanol–water partition coefficient (Wildman–Crippen LogP) is 4.71. The van der Waals surface area contributed by atoms with E-state index in [4.69, 9.17) is 4.74 Å². The summed E-state index contributed by atoms with van der Waals surface area (Å²) >= 11 is 0. The highest BCUT2D eigenvalue weighted by atomic mass is 19.3. The maximum atomic E-state index is 12.7. The Kier molecular flexibility index (Phi) is 4.10. The fourth-order valence-electron chi connectivity index (χ4n) is 2.64. The van der Waals surface area contributed by atoms with E-state index in [0.717, 1.165) is 16.3 Å². The van der Waals surface area contributed by atoms with Crippen LogP contribution in [0.1, 0.15) is 31.2 Å². The molecule has 0 saturated heterocycles. The second-order valence-corrected chi connectivity index (χ2v) is 5.90. The molecule has 1 fully saturated rings. The fourth-order valence-corrected chi connectivity index (χ4v) is 2.64. The van der Waals surface area contributed by atoms with Gasteiger partial charge < -0.3 is 4.74 Å². The van der Waals surface area contributed by atoms with Crippen LogP contribution >= 0.6 is 0 Å². The van der Waals surface area contributed by atoms with Gasteiger partial charge in [-0.1, -0.05) is 36.4 Å². The smallest absolute Gasteiger partial charge is 0.306 e. The molecular formula is C18H18F2O2. The molecule has 2 aromatic rings. The first-order valence-corrected chi connectivity index (χ1v) is 7.56. The van der Waals surface area contributed by atoms with Crippen molar-refractivity contribution in [2.45, 2.75) is 38.2 Å². The lowest BCUT2D eigenvalue weighted by atomic mass is 10.1. The van der Waals surface area contributed by atoms with Gasteiger partial charge in [-0.05, 0) is 35.2 Å². The monoisotopic (exact) mass is 304 g/mol. The summed E-state index contributed by atoms with van der Waals surface area (Å²) in [6, 6.07) is 13.9. The van der Waals surface area contributed by atoms with Gasteiger partial charge in [0.1, 0.15) is 6.61 Å². The third kappa shape index (κ3) is 3.62. The summed E-state index contributed by atoms with van der Waals surface area (Å²) in [4.78, 5) is 11.6. The van der Waals surface area contributed by atoms with Crippen LogP contribution in [0.25, 0.3) is 10.8 Å². The van der Waals surface area contributed by atoms with E-state index < -0.39 is 11.8 Å². The molecule has 0 aliphatic heterocycles. The molecule has 0 spiro atoms. The number of hydrogen-bond acceptors (Lipinski definition) is 2. The number of fused-ring (bicyclic) bond motifs is 1. The number of benzene rings is 2. The first-order valence-electron chi connectivity index (χ1n) is 7.56. The number of ether oxygens (including phenoxy) is 1. The Morgan fingerprint density at radius 1 is 1.18 bits per heavy atom. The van der Waals surface area contributed by atoms with Crippen molar-refractivity contribution in [2.75, 3.05) is 0 Å². The third-order valence-corrected chi connectivity index (χ3v) is 4.10. The first-order chi connectivity index (χ1) is 10.5. The zero-order valence-electron chi connectivity index (χ0n) is 12.2. The minimum Gasteiger partial charge on any atom is -0.461 e. The van der Waals surface area contributed by atoms with Gasteiger partial charge in [-0.3, -0.25) is 4.79 Å². The summed E-state index contributed by atoms with van der Waals surface area (Å²) in [7, 11) is 0. The molecule has 0 radical (unpaired) electrons. The van der Waals surface area contributed by atoms with Crippen LogP contribution in [-0.4, -0.2) is 11.9 Å². The Hall–Kier alpha value is -1.97. The molecule has 0 bridgehead atoms. The van der Waals surface area contributed by atoms with E-state index >= 15 is 0 Å². The van der Waals surface area contributed by atoms with Gasteiger partial charge in [0, 0.05) is 18.8 Å². The average Bonchev–Trinajstić information content (AvgIpc) is 3.12. The number of halogens is 2. The van der Waals surface area contributed by atoms with E-state index in [1.54, 1.807) is 0 Å². The molecule has 0 amide bonds. The van der Waals surface area contributed by atoms with Crippen molar-refractivity contribution >= 4 is 16.7 Å². The minimum atomic E-state index is -2.49. The van der Waals surface area contributed by atoms with Crippen LogP contribution in [0.3, 0.4) is 0 Å². The summed E-state index contributed by atoms with van der Waals surface area (Å²) in [5.74, 6) is -3.34. The van der Waals surface area contributed by atoms with Crippen LogP contribution in [0.2, 0.25) is 0 Å². The number of hydrogen-bond donors (Lipinski definition) is 0. The van der Waals surface area contributed by atoms with Gasteiger partial charge in [0.15, 0.2) is 0 Å². The SMILES string of the molecule is O=C(CCCC1CC1(F)F)OCc1ccc2ccccc2c1. The average molecular weight is 304 g/mol. The van der Waals surface area contributed by atoms with Crippen molar-refractivity contribution in [2.24, 2.45) is 5.92 Å². The minimum absolute atomic E-state index is 0.0286. The van der Waals surface area contributed by atoms with Gasteiger partial charge in [-0.2, -0.15) is 0 Å². The number of esters is 1. The molecule has 116 valence electrons. The molecule has 22 heavy (non-hydrogen) atoms. The van der Waals surface area contributed by atoms with E-state index in [0.29, 0.717) is 12.8 Å². The summed E-state index contributed by atoms with van der Waals surface area (Å²) < 4.78 is 30.6. The Bertz CT molecular complexity index is 682. The predicted molar refractivity (Wildman–Crippen MR) is 80.6 cm³/mol. The molecule has 1 aliphatic carbocycles. The van der Waals surface area contributed by atoms with Crippen molar-refractivity contribution in [1.82, 2.24) is 0 Å². The summed E-state index contributed by atoms with van der Waals surface area (Å²) in [6.07, 6.45) is 1.05. The lowest BCUT2D eigenvalue weighted by Crippen LogP contribution is -2.05. The third-order valence-electron chi connectivity index (χ3n) is 4.10. The summed E-state index contributed by atoms with van der Waals surface area (Å²) in [5, 5.41) is 2.25. The molecule has 1 atom stereocenters. The summed E-state index contributed by atoms with van der Waals surface area (Å²) in [6.45, 7) is 0.225. The highest BCUT2D eigenvalue weighted by Crippen LogP contribution is 2.51. The van der Waals surface area contributed by atoms with Crippen LogP contribution in [0, 0.1) is 5.92 Å². The van der Waals surface area contributed by atoms with Crippen LogP contribution in [-0.2, 0) is 16.1 Å². The molecular weight excluding hydrogens is 286 g/mol. The maximum Gasteiger partial charge on any atom is 0.306 e. The zero-order chi connectivity index (χ0) is 15.6. The van der Waals surface area contributed by atoms with E-state index in [1.165, 1.54) is 0 Å². The van der Waals surface area contributed by atoms with Crippen molar-refractivity contribution in [3.05, 3.63) is 48.0 Å². The largest absolute Gasteiger partial charge is 0.461 e. The lowest BCUT2D eigenvalue weighted by Gasteiger charge is -2.06. The second-order valence-electron chi connectivity index (χ2n) is 5.90. The first kappa shape index (κ1) is 14.9. The number of carbonyl (C=O) groups is 1. The fraction of sp³-hybridized carbons (Fsp3) is 0.389. The van der Waals surface area contributed by atoms with Crippen LogP contribution in [0.4, 0.5) is 8.78 Å². The Balaban J connectivity index is 1.43. The normalized spacial score (nSPS) is 19.1. The van der Waals surface area contributed by atoms with Crippen LogP contribution < -0.4 is 0 Å². The molecule has 4 heteroatoms. The molecule has 1 unspecified atom stereocenters. The maximum absolute atomic E-state index is 12.7. The zero-order valence-corrected chi connectivity index (χ0v) is 12.2. The van der Waals surface area contributed by atoms with Gasteiger partial charge in [0.25, 0.3) is 5.92 Å². The van der Waals surface area contributed by atoms with Crippen molar-refractivity contribution in [3.63, 3.8) is 0 Å². The molecule has 2 nitrogen and oxygen atoms in total. The highest BCUT2D eigenvalue weighted by Gasteiger charge is 2.55. The highest BCUT2D eigenvalue weighted by molar-refractivity contribution is 5.83. The van der Waals surface area contributed by atoms with E-state index in [2.05, 4.69) is 0 Å². The van der Waals surface area contributed by atoms with Gasteiger partial charge in [-0.15, -0.1) is 0 Å². The van der Waals surface area contributed by atoms with E-state index in [9.17, 15) is 13.6 Å². The van der Waals surface area contributed by atoms with Crippen molar-refractivity contribution in [1.29, 1.82) is 0 Å². The van der Waals surface area contributed by atoms with Gasteiger partial charge >= 0.3 is 5.97 Å². The number of rotatable bonds is 6. The molecule has 1 saturated carbocycles. The van der Waals surface area contributed by atoms with Gasteiger partial charge in [0.2, 0.25) is 0 Å². The molecule has 2 aromatic carbocycles. The topological polar surface area (TPSA) is 26.3 Å². The standard InChI is InChI=1S/C18H18F2O2/c19-18(20)11-16(18)6-3-7-17(21)22-12-13-8-9-14-4-1-2-5-15(14)10-13/h1-2,4-5,8-10,16H,3,6-7,11-12H2. The number of carbonyl (C=O) groups excluding carboxylic acids is 1.